The van der Waals surface area contributed by atoms with E-state index in [1.165, 1.54) is 18.2 Å². The number of rotatable bonds is 22. The van der Waals surface area contributed by atoms with E-state index in [0.29, 0.717) is 66.7 Å². The molecule has 67 heavy (non-hydrogen) atoms. The number of nitro benzene ring substituents is 1. The summed E-state index contributed by atoms with van der Waals surface area (Å²) in [5.41, 5.74) is 3.77. The van der Waals surface area contributed by atoms with E-state index in [1.807, 2.05) is 36.4 Å². The van der Waals surface area contributed by atoms with Crippen molar-refractivity contribution in [3.05, 3.63) is 131 Å². The Balaban J connectivity index is 1.33. The molecule has 15 nitrogen and oxygen atoms in total. The standard InChI is InChI=1S/C52H61N3O12/c1-3-26-61-39-20-22-44-42(31-39)50-40(12-6-9-25-57)37(11-5-8-24-56)30-41-43(53-67-49-13-7-10-28-62-49)32-47(52(66-44,51(41)50)65-27-4-2)54(33-36-16-21-45-46(29-36)64-34-63-45)48(58)23-17-35-14-18-38(19-15-35)55(59)60/h3-4,14-23,29-31,37,40,47,49-51,56-57H,1-2,5-13,24-28,32-34H2. The second-order valence-corrected chi connectivity index (χ2v) is 17.6. The number of nitrogens with zero attached hydrogens (tertiary/aromatic N) is 3. The summed E-state index contributed by atoms with van der Waals surface area (Å²) in [6.07, 6.45) is 15.4. The second kappa shape index (κ2) is 22.2. The Bertz CT molecular complexity index is 2320. The lowest BCUT2D eigenvalue weighted by atomic mass is 9.55. The molecular weight excluding hydrogens is 859 g/mol. The van der Waals surface area contributed by atoms with Crippen molar-refractivity contribution >= 4 is 23.4 Å². The van der Waals surface area contributed by atoms with Crippen LogP contribution >= 0.6 is 0 Å². The van der Waals surface area contributed by atoms with Crippen LogP contribution in [0.3, 0.4) is 0 Å². The molecule has 3 aromatic rings. The molecule has 7 unspecified atom stereocenters. The quantitative estimate of drug-likeness (QED) is 0.0322. The lowest BCUT2D eigenvalue weighted by Crippen LogP contribution is -2.70. The number of ether oxygens (including phenoxy) is 6. The van der Waals surface area contributed by atoms with Crippen LogP contribution in [0, 0.1) is 27.9 Å². The molecule has 0 radical (unpaired) electrons. The number of hydrogen-bond donors (Lipinski definition) is 2. The number of non-ortho nitro benzene ring substituents is 1. The molecule has 0 bridgehead atoms. The highest BCUT2D eigenvalue weighted by Crippen LogP contribution is 2.62. The zero-order valence-corrected chi connectivity index (χ0v) is 37.9. The lowest BCUT2D eigenvalue weighted by molar-refractivity contribution is -0.384. The number of hydrogen-bond acceptors (Lipinski definition) is 13. The van der Waals surface area contributed by atoms with Crippen LogP contribution in [0.1, 0.15) is 86.8 Å². The summed E-state index contributed by atoms with van der Waals surface area (Å²) in [5.74, 6) is -0.282. The van der Waals surface area contributed by atoms with Gasteiger partial charge in [0.2, 0.25) is 24.8 Å². The van der Waals surface area contributed by atoms with E-state index in [4.69, 9.17) is 38.4 Å². The average Bonchev–Trinajstić information content (AvgIpc) is 3.83. The van der Waals surface area contributed by atoms with Gasteiger partial charge in [-0.1, -0.05) is 48.9 Å². The van der Waals surface area contributed by atoms with E-state index in [1.54, 1.807) is 35.3 Å². The molecule has 7 atom stereocenters. The highest BCUT2D eigenvalue weighted by atomic mass is 16.8. The molecule has 3 aliphatic heterocycles. The van der Waals surface area contributed by atoms with Gasteiger partial charge in [0.15, 0.2) is 11.5 Å². The maximum atomic E-state index is 15.3. The van der Waals surface area contributed by atoms with E-state index in [9.17, 15) is 20.3 Å². The van der Waals surface area contributed by atoms with Crippen LogP contribution in [0.5, 0.6) is 23.0 Å². The largest absolute Gasteiger partial charge is 0.490 e. The number of nitro groups is 1. The summed E-state index contributed by atoms with van der Waals surface area (Å²) in [7, 11) is 0. The third-order valence-electron chi connectivity index (χ3n) is 13.4. The maximum absolute atomic E-state index is 15.3. The van der Waals surface area contributed by atoms with Gasteiger partial charge in [-0.15, -0.1) is 6.58 Å². The zero-order chi connectivity index (χ0) is 46.8. The van der Waals surface area contributed by atoms with Crippen LogP contribution < -0.4 is 18.9 Å². The van der Waals surface area contributed by atoms with Gasteiger partial charge in [-0.2, -0.15) is 0 Å². The van der Waals surface area contributed by atoms with Gasteiger partial charge in [0, 0.05) is 62.3 Å². The maximum Gasteiger partial charge on any atom is 0.269 e. The van der Waals surface area contributed by atoms with Crippen LogP contribution in [-0.2, 0) is 25.7 Å². The number of oxime groups is 1. The number of fused-ring (bicyclic) bond motifs is 3. The van der Waals surface area contributed by atoms with E-state index in [2.05, 4.69) is 19.2 Å². The first-order valence-electron chi connectivity index (χ1n) is 23.5. The molecule has 1 amide bonds. The van der Waals surface area contributed by atoms with Crippen molar-refractivity contribution in [3.8, 4) is 23.0 Å². The van der Waals surface area contributed by atoms with Crippen LogP contribution in [0.25, 0.3) is 6.08 Å². The molecule has 356 valence electrons. The number of carbonyl (C=O) groups excluding carboxylic acids is 1. The Hall–Kier alpha value is -6.00. The molecule has 3 heterocycles. The minimum atomic E-state index is -1.53. The van der Waals surface area contributed by atoms with Crippen molar-refractivity contribution in [2.24, 2.45) is 22.9 Å². The number of carbonyl (C=O) groups is 1. The molecule has 2 fully saturated rings. The molecule has 2 aliphatic carbocycles. The van der Waals surface area contributed by atoms with Crippen LogP contribution in [0.2, 0.25) is 0 Å². The van der Waals surface area contributed by atoms with Gasteiger partial charge in [-0.25, -0.2) is 0 Å². The Morgan fingerprint density at radius 3 is 2.46 bits per heavy atom. The molecule has 0 aromatic heterocycles. The average molecular weight is 920 g/mol. The van der Waals surface area contributed by atoms with Crippen molar-refractivity contribution in [3.63, 3.8) is 0 Å². The molecule has 1 saturated carbocycles. The van der Waals surface area contributed by atoms with Crippen molar-refractivity contribution in [2.45, 2.75) is 94.8 Å². The molecule has 0 spiro atoms. The minimum Gasteiger partial charge on any atom is -0.490 e. The van der Waals surface area contributed by atoms with Gasteiger partial charge in [-0.05, 0) is 116 Å². The minimum absolute atomic E-state index is 0.00523. The predicted molar refractivity (Wildman–Crippen MR) is 251 cm³/mol. The molecule has 8 rings (SSSR count). The fourth-order valence-electron chi connectivity index (χ4n) is 10.4. The summed E-state index contributed by atoms with van der Waals surface area (Å²) in [6.45, 7) is 9.19. The van der Waals surface area contributed by atoms with E-state index in [-0.39, 0.29) is 68.9 Å². The SMILES string of the molecule is C=CCOc1ccc2c(c1)C1C(CCCCO)C(CCCCO)C=C3C(=NOC4CCCCO4)CC(N(Cc4ccc5c(c4)OCO5)C(=O)C=Cc4ccc([N+](=O)[O-])cc4)C(OCC=C)(O2)C31. The number of allylic oxidation sites excluding steroid dienone is 1. The number of benzene rings is 3. The fraction of sp³-hybridized carbons (Fsp3) is 0.462. The van der Waals surface area contributed by atoms with Crippen molar-refractivity contribution in [1.29, 1.82) is 0 Å². The molecule has 5 aliphatic rings. The first kappa shape index (κ1) is 47.5. The van der Waals surface area contributed by atoms with Crippen molar-refractivity contribution in [2.75, 3.05) is 39.8 Å². The number of unbranched alkanes of at least 4 members (excludes halogenated alkanes) is 2. The van der Waals surface area contributed by atoms with Gasteiger partial charge in [0.25, 0.3) is 5.69 Å². The summed E-state index contributed by atoms with van der Waals surface area (Å²) in [4.78, 5) is 34.3. The fourth-order valence-corrected chi connectivity index (χ4v) is 10.4. The van der Waals surface area contributed by atoms with E-state index in [0.717, 1.165) is 55.2 Å². The molecule has 3 aromatic carbocycles. The summed E-state index contributed by atoms with van der Waals surface area (Å²) in [6, 6.07) is 16.6. The first-order chi connectivity index (χ1) is 32.8. The predicted octanol–water partition coefficient (Wildman–Crippen LogP) is 8.79. The Morgan fingerprint density at radius 2 is 1.72 bits per heavy atom. The van der Waals surface area contributed by atoms with Crippen LogP contribution in [0.15, 0.2) is 109 Å². The molecule has 15 heteroatoms. The summed E-state index contributed by atoms with van der Waals surface area (Å²) in [5, 5.41) is 36.4. The summed E-state index contributed by atoms with van der Waals surface area (Å²) < 4.78 is 38.2. The highest BCUT2D eigenvalue weighted by molar-refractivity contribution is 6.03. The third kappa shape index (κ3) is 10.6. The molecule has 2 N–H and O–H groups in total. The van der Waals surface area contributed by atoms with Gasteiger partial charge in [0.05, 0.1) is 29.8 Å². The topological polar surface area (TPSA) is 181 Å². The molecule has 1 saturated heterocycles. The number of aliphatic hydroxyl groups is 2. The zero-order valence-electron chi connectivity index (χ0n) is 37.9. The highest BCUT2D eigenvalue weighted by Gasteiger charge is 2.65. The van der Waals surface area contributed by atoms with Gasteiger partial charge in [0.1, 0.15) is 24.1 Å². The third-order valence-corrected chi connectivity index (χ3v) is 13.4. The van der Waals surface area contributed by atoms with E-state index < -0.39 is 29.0 Å². The van der Waals surface area contributed by atoms with Gasteiger partial charge < -0.3 is 48.4 Å². The monoisotopic (exact) mass is 919 g/mol. The first-order valence-corrected chi connectivity index (χ1v) is 23.5. The lowest BCUT2D eigenvalue weighted by Gasteiger charge is -2.60. The van der Waals surface area contributed by atoms with Crippen molar-refractivity contribution < 1.29 is 53.2 Å². The number of amides is 1. The number of aliphatic hydroxyl groups excluding tert-OH is 2. The Morgan fingerprint density at radius 1 is 0.940 bits per heavy atom. The van der Waals surface area contributed by atoms with E-state index >= 15 is 4.79 Å². The normalized spacial score (nSPS) is 25.3. The van der Waals surface area contributed by atoms with Crippen LogP contribution in [0.4, 0.5) is 5.69 Å². The van der Waals surface area contributed by atoms with Crippen LogP contribution in [-0.4, -0.2) is 89.6 Å². The Kier molecular flexibility index (Phi) is 15.7. The second-order valence-electron chi connectivity index (χ2n) is 17.6. The molecular formula is C52H61N3O12. The van der Waals surface area contributed by atoms with Gasteiger partial charge in [-0.3, -0.25) is 14.9 Å². The Labute approximate surface area is 391 Å². The smallest absolute Gasteiger partial charge is 0.269 e. The van der Waals surface area contributed by atoms with Gasteiger partial charge >= 0.3 is 0 Å². The summed E-state index contributed by atoms with van der Waals surface area (Å²) >= 11 is 0. The van der Waals surface area contributed by atoms with Crippen molar-refractivity contribution in [1.82, 2.24) is 4.90 Å².